The molecule has 340 valence electrons. The van der Waals surface area contributed by atoms with Crippen LogP contribution < -0.4 is 20.1 Å². The van der Waals surface area contributed by atoms with Gasteiger partial charge in [-0.15, -0.1) is 0 Å². The highest BCUT2D eigenvalue weighted by molar-refractivity contribution is 8.01. The maximum Gasteiger partial charge on any atom is 0.269 e. The maximum absolute atomic E-state index is 13.4. The van der Waals surface area contributed by atoms with Crippen molar-refractivity contribution >= 4 is 81.6 Å². The lowest BCUT2D eigenvalue weighted by atomic mass is 9.87. The van der Waals surface area contributed by atoms with E-state index in [-0.39, 0.29) is 33.7 Å². The molecule has 2 amide bonds. The number of non-ortho nitro benzene ring substituents is 2. The van der Waals surface area contributed by atoms with Crippen LogP contribution in [0.5, 0.6) is 23.0 Å². The highest BCUT2D eigenvalue weighted by atomic mass is 32.2. The predicted molar refractivity (Wildman–Crippen MR) is 257 cm³/mol. The fraction of sp³-hybridized carbons (Fsp3) is 0.208. The average Bonchev–Trinajstić information content (AvgIpc) is 3.25. The number of hydrogen-bond acceptors (Lipinski definition) is 14. The number of anilines is 2. The first-order chi connectivity index (χ1) is 31.2. The molecule has 0 atom stereocenters. The van der Waals surface area contributed by atoms with Gasteiger partial charge < -0.3 is 30.3 Å². The third-order valence-electron chi connectivity index (χ3n) is 10.00. The number of rotatable bonds is 10. The van der Waals surface area contributed by atoms with Gasteiger partial charge in [0.15, 0.2) is 13.2 Å². The number of hydrogen-bond donors (Lipinski definition) is 4. The van der Waals surface area contributed by atoms with E-state index < -0.39 is 34.9 Å². The first kappa shape index (κ1) is 47.6. The van der Waals surface area contributed by atoms with Gasteiger partial charge in [0.05, 0.1) is 49.0 Å². The van der Waals surface area contributed by atoms with Gasteiger partial charge in [-0.1, -0.05) is 101 Å². The molecule has 1 aliphatic heterocycles. The van der Waals surface area contributed by atoms with Crippen LogP contribution in [-0.2, 0) is 20.4 Å². The Hall–Kier alpha value is -6.34. The zero-order chi connectivity index (χ0) is 47.5. The number of phenolic OH excluding ortho intramolecular Hbond substituents is 2. The zero-order valence-electron chi connectivity index (χ0n) is 36.5. The molecule has 0 spiro atoms. The molecule has 4 N–H and O–H groups in total. The smallest absolute Gasteiger partial charge is 0.269 e. The van der Waals surface area contributed by atoms with Crippen LogP contribution in [0.25, 0.3) is 0 Å². The number of nitrogens with one attached hydrogen (secondary N) is 2. The fourth-order valence-corrected chi connectivity index (χ4v) is 10.8. The molecule has 0 saturated heterocycles. The minimum Gasteiger partial charge on any atom is -0.506 e. The molecule has 6 aromatic rings. The molecule has 0 unspecified atom stereocenters. The number of nitrogens with zero attached hydrogens (tertiary/aromatic N) is 2. The van der Waals surface area contributed by atoms with E-state index in [4.69, 9.17) is 9.47 Å². The zero-order valence-corrected chi connectivity index (χ0v) is 39.8. The molecule has 7 rings (SSSR count). The minimum absolute atomic E-state index is 0.0254. The molecule has 0 saturated carbocycles. The van der Waals surface area contributed by atoms with Crippen molar-refractivity contribution < 1.29 is 39.1 Å². The van der Waals surface area contributed by atoms with Crippen molar-refractivity contribution in [2.24, 2.45) is 0 Å². The fourth-order valence-electron chi connectivity index (χ4n) is 6.42. The van der Waals surface area contributed by atoms with E-state index in [2.05, 4.69) is 52.2 Å². The van der Waals surface area contributed by atoms with Crippen molar-refractivity contribution in [1.82, 2.24) is 0 Å². The SMILES string of the molecule is CC(C)(C)c1cc2c(O)c(c1)Sc1cccc(c1OCC(=O)Nc1ccc([N+](=O)[O-])cc1)Sc1cc(C(C)(C)C)cc(c1O)Sc1cccc(c1OCC(=O)Nc1ccc([N+](=O)[O-])cc1)S2. The summed E-state index contributed by atoms with van der Waals surface area (Å²) < 4.78 is 12.7. The van der Waals surface area contributed by atoms with Gasteiger partial charge in [-0.05, 0) is 94.8 Å². The number of carbonyl (C=O) groups excluding carboxylic acids is 2. The van der Waals surface area contributed by atoms with Crippen molar-refractivity contribution in [3.8, 4) is 23.0 Å². The number of carbonyl (C=O) groups is 2. The molecule has 66 heavy (non-hydrogen) atoms. The molecule has 0 radical (unpaired) electrons. The lowest BCUT2D eigenvalue weighted by Gasteiger charge is -2.24. The summed E-state index contributed by atoms with van der Waals surface area (Å²) in [5, 5.41) is 52.1. The van der Waals surface area contributed by atoms with Gasteiger partial charge in [0.1, 0.15) is 23.0 Å². The van der Waals surface area contributed by atoms with Crippen LogP contribution in [0.15, 0.2) is 148 Å². The Bertz CT molecular complexity index is 2580. The molecule has 1 aliphatic rings. The summed E-state index contributed by atoms with van der Waals surface area (Å²) in [4.78, 5) is 52.3. The number of ether oxygens (including phenoxy) is 2. The van der Waals surface area contributed by atoms with E-state index in [0.717, 1.165) is 11.1 Å². The largest absolute Gasteiger partial charge is 0.506 e. The van der Waals surface area contributed by atoms with Crippen LogP contribution >= 0.6 is 47.0 Å². The molecule has 18 heteroatoms. The summed E-state index contributed by atoms with van der Waals surface area (Å²) in [6.45, 7) is 11.5. The lowest BCUT2D eigenvalue weighted by Crippen LogP contribution is -2.20. The van der Waals surface area contributed by atoms with Crippen LogP contribution in [0.4, 0.5) is 22.7 Å². The summed E-state index contributed by atoms with van der Waals surface area (Å²) in [7, 11) is 0. The molecule has 8 bridgehead atoms. The second-order valence-corrected chi connectivity index (χ2v) is 21.3. The quantitative estimate of drug-likeness (QED) is 0.0744. The highest BCUT2D eigenvalue weighted by Gasteiger charge is 2.27. The molecule has 1 heterocycles. The van der Waals surface area contributed by atoms with Gasteiger partial charge in [0.25, 0.3) is 23.2 Å². The van der Waals surface area contributed by atoms with Crippen LogP contribution in [-0.4, -0.2) is 45.1 Å². The Kier molecular flexibility index (Phi) is 14.2. The monoisotopic (exact) mass is 964 g/mol. The number of nitro benzene ring substituents is 2. The van der Waals surface area contributed by atoms with Gasteiger partial charge in [-0.2, -0.15) is 0 Å². The minimum atomic E-state index is -0.525. The number of para-hydroxylation sites is 2. The number of nitro groups is 2. The van der Waals surface area contributed by atoms with Gasteiger partial charge >= 0.3 is 0 Å². The summed E-state index contributed by atoms with van der Waals surface area (Å²) in [6, 6.07) is 29.5. The first-order valence-corrected chi connectivity index (χ1v) is 23.6. The van der Waals surface area contributed by atoms with Crippen LogP contribution in [0.2, 0.25) is 0 Å². The second-order valence-electron chi connectivity index (χ2n) is 17.0. The average molecular weight is 965 g/mol. The third kappa shape index (κ3) is 11.4. The van der Waals surface area contributed by atoms with Crippen molar-refractivity contribution in [3.05, 3.63) is 141 Å². The summed E-state index contributed by atoms with van der Waals surface area (Å²) in [5.74, 6) is -0.424. The summed E-state index contributed by atoms with van der Waals surface area (Å²) >= 11 is 4.97. The maximum atomic E-state index is 13.4. The normalized spacial score (nSPS) is 12.5. The molecule has 14 nitrogen and oxygen atoms in total. The number of phenols is 2. The summed E-state index contributed by atoms with van der Waals surface area (Å²) in [6.07, 6.45) is 0. The molecule has 0 aliphatic carbocycles. The van der Waals surface area contributed by atoms with Gasteiger partial charge in [-0.25, -0.2) is 0 Å². The number of aromatic hydroxyl groups is 2. The van der Waals surface area contributed by atoms with Crippen molar-refractivity contribution in [3.63, 3.8) is 0 Å². The summed E-state index contributed by atoms with van der Waals surface area (Å²) in [5.41, 5.74) is 1.54. The lowest BCUT2D eigenvalue weighted by molar-refractivity contribution is -0.385. The Morgan fingerprint density at radius 3 is 1.06 bits per heavy atom. The first-order valence-electron chi connectivity index (χ1n) is 20.3. The van der Waals surface area contributed by atoms with Gasteiger partial charge in [0.2, 0.25) is 0 Å². The molecule has 6 aromatic carbocycles. The van der Waals surface area contributed by atoms with Crippen LogP contribution in [0, 0.1) is 20.2 Å². The Labute approximate surface area is 397 Å². The van der Waals surface area contributed by atoms with Crippen LogP contribution in [0.1, 0.15) is 52.7 Å². The van der Waals surface area contributed by atoms with E-state index in [1.165, 1.54) is 95.6 Å². The Morgan fingerprint density at radius 1 is 0.515 bits per heavy atom. The molecule has 0 fully saturated rings. The van der Waals surface area contributed by atoms with Crippen molar-refractivity contribution in [2.75, 3.05) is 23.8 Å². The van der Waals surface area contributed by atoms with E-state index >= 15 is 0 Å². The Morgan fingerprint density at radius 2 is 0.803 bits per heavy atom. The molecular weight excluding hydrogens is 921 g/mol. The van der Waals surface area contributed by atoms with E-state index in [0.29, 0.717) is 62.0 Å². The number of fused-ring (bicyclic) bond motifs is 8. The third-order valence-corrected chi connectivity index (χ3v) is 14.3. The highest BCUT2D eigenvalue weighted by Crippen LogP contribution is 2.54. The van der Waals surface area contributed by atoms with E-state index in [1.807, 2.05) is 60.7 Å². The second kappa shape index (κ2) is 19.6. The molecule has 0 aromatic heterocycles. The molecular formula is C48H44N4O10S4. The van der Waals surface area contributed by atoms with Crippen molar-refractivity contribution in [1.29, 1.82) is 0 Å². The number of amides is 2. The Balaban J connectivity index is 1.32. The van der Waals surface area contributed by atoms with Gasteiger partial charge in [-0.3, -0.25) is 29.8 Å². The standard InChI is InChI=1S/C48H44N4O10S4/c1-47(2,3)27-21-37-43(55)38(22-27)64-34-10-8-12-36(46(34)62-26-42(54)50-30-15-19-32(20-16-30)52(59)60)66-40-24-28(48(4,5)6)23-39(44(40)56)65-35-11-7-9-33(63-37)45(35)61-25-41(53)49-29-13-17-31(18-14-29)51(57)58/h7-24,55-56H,25-26H2,1-6H3,(H,49,53)(H,50,54). The van der Waals surface area contributed by atoms with Crippen molar-refractivity contribution in [2.45, 2.75) is 91.5 Å². The van der Waals surface area contributed by atoms with Gasteiger partial charge in [0, 0.05) is 35.6 Å². The van der Waals surface area contributed by atoms with E-state index in [9.17, 15) is 40.0 Å². The predicted octanol–water partition coefficient (Wildman–Crippen LogP) is 12.5. The topological polar surface area (TPSA) is 203 Å². The van der Waals surface area contributed by atoms with Crippen LogP contribution in [0.3, 0.4) is 0 Å². The van der Waals surface area contributed by atoms with E-state index in [1.54, 1.807) is 0 Å². The number of benzene rings is 6.